The monoisotopic (exact) mass is 192 g/mol. The van der Waals surface area contributed by atoms with Crippen molar-refractivity contribution in [2.24, 2.45) is 0 Å². The maximum atomic E-state index is 11.2. The number of rotatable bonds is 5. The first kappa shape index (κ1) is 11.6. The largest absolute Gasteiger partial charge is 0.299 e. The summed E-state index contributed by atoms with van der Waals surface area (Å²) in [4.78, 5) is 11.0. The number of ketones is 1. The first-order valence-corrected chi connectivity index (χ1v) is 5.85. The highest BCUT2D eigenvalue weighted by Crippen LogP contribution is 2.02. The van der Waals surface area contributed by atoms with Gasteiger partial charge in [-0.2, -0.15) is 0 Å². The highest BCUT2D eigenvalue weighted by atomic mass is 32.2. The lowest BCUT2D eigenvalue weighted by molar-refractivity contribution is -0.116. The number of carbonyl (C=O) groups is 1. The average Bonchev–Trinajstić information content (AvgIpc) is 1.85. The van der Waals surface area contributed by atoms with Gasteiger partial charge >= 0.3 is 0 Å². The van der Waals surface area contributed by atoms with E-state index in [0.29, 0.717) is 12.8 Å². The molecule has 0 unspecified atom stereocenters. The maximum absolute atomic E-state index is 11.2. The molecular formula is C8H16O3S. The SMILES string of the molecule is CCCC(=O)CS(=O)(=O)C(C)C. The molecule has 0 radical (unpaired) electrons. The van der Waals surface area contributed by atoms with E-state index in [1.54, 1.807) is 13.8 Å². The fourth-order valence-corrected chi connectivity index (χ4v) is 1.67. The predicted molar refractivity (Wildman–Crippen MR) is 48.8 cm³/mol. The molecule has 0 aromatic rings. The molecule has 0 saturated carbocycles. The number of carbonyl (C=O) groups excluding carboxylic acids is 1. The molecule has 72 valence electrons. The molecule has 0 N–H and O–H groups in total. The fourth-order valence-electron chi connectivity index (χ4n) is 0.742. The lowest BCUT2D eigenvalue weighted by Gasteiger charge is -2.05. The van der Waals surface area contributed by atoms with Gasteiger partial charge in [-0.15, -0.1) is 0 Å². The minimum atomic E-state index is -3.17. The Kier molecular flexibility index (Phi) is 4.45. The van der Waals surface area contributed by atoms with Crippen LogP contribution in [0.15, 0.2) is 0 Å². The summed E-state index contributed by atoms with van der Waals surface area (Å²) in [7, 11) is -3.17. The lowest BCUT2D eigenvalue weighted by Crippen LogP contribution is -2.23. The number of Topliss-reactive ketones (excluding diaryl/α,β-unsaturated/α-hetero) is 1. The highest BCUT2D eigenvalue weighted by molar-refractivity contribution is 7.92. The normalized spacial score (nSPS) is 12.0. The second kappa shape index (κ2) is 4.60. The van der Waals surface area contributed by atoms with Gasteiger partial charge in [0.05, 0.1) is 5.25 Å². The molecule has 0 aliphatic rings. The van der Waals surface area contributed by atoms with E-state index in [2.05, 4.69) is 0 Å². The van der Waals surface area contributed by atoms with Crippen LogP contribution in [0, 0.1) is 0 Å². The summed E-state index contributed by atoms with van der Waals surface area (Å²) in [5.74, 6) is -0.468. The molecule has 0 spiro atoms. The average molecular weight is 192 g/mol. The zero-order valence-electron chi connectivity index (χ0n) is 7.83. The molecule has 0 saturated heterocycles. The summed E-state index contributed by atoms with van der Waals surface area (Å²) in [6, 6.07) is 0. The Bertz CT molecular complexity index is 239. The molecule has 3 nitrogen and oxygen atoms in total. The zero-order valence-corrected chi connectivity index (χ0v) is 8.65. The van der Waals surface area contributed by atoms with Crippen molar-refractivity contribution in [3.05, 3.63) is 0 Å². The van der Waals surface area contributed by atoms with Crippen LogP contribution in [0.5, 0.6) is 0 Å². The van der Waals surface area contributed by atoms with Gasteiger partial charge in [-0.25, -0.2) is 8.42 Å². The molecule has 0 rings (SSSR count). The third-order valence-corrected chi connectivity index (χ3v) is 3.77. The first-order valence-electron chi connectivity index (χ1n) is 4.13. The van der Waals surface area contributed by atoms with Crippen LogP contribution in [0.25, 0.3) is 0 Å². The number of hydrogen-bond donors (Lipinski definition) is 0. The second-order valence-electron chi connectivity index (χ2n) is 3.14. The van der Waals surface area contributed by atoms with E-state index in [0.717, 1.165) is 0 Å². The molecule has 0 heterocycles. The Balaban J connectivity index is 4.17. The van der Waals surface area contributed by atoms with Crippen LogP contribution in [0.1, 0.15) is 33.6 Å². The third-order valence-electron chi connectivity index (χ3n) is 1.61. The van der Waals surface area contributed by atoms with Crippen molar-refractivity contribution < 1.29 is 13.2 Å². The minimum Gasteiger partial charge on any atom is -0.299 e. The second-order valence-corrected chi connectivity index (χ2v) is 5.70. The molecule has 4 heteroatoms. The van der Waals surface area contributed by atoms with E-state index in [9.17, 15) is 13.2 Å². The Morgan fingerprint density at radius 3 is 2.17 bits per heavy atom. The summed E-state index contributed by atoms with van der Waals surface area (Å²) in [5, 5.41) is -0.446. The van der Waals surface area contributed by atoms with Gasteiger partial charge < -0.3 is 0 Å². The van der Waals surface area contributed by atoms with E-state index >= 15 is 0 Å². The number of sulfone groups is 1. The third kappa shape index (κ3) is 3.85. The standard InChI is InChI=1S/C8H16O3S/c1-4-5-8(9)6-12(10,11)7(2)3/h7H,4-6H2,1-3H3. The number of hydrogen-bond acceptors (Lipinski definition) is 3. The topological polar surface area (TPSA) is 51.2 Å². The smallest absolute Gasteiger partial charge is 0.159 e. The molecule has 0 aliphatic carbocycles. The lowest BCUT2D eigenvalue weighted by atomic mass is 10.3. The Morgan fingerprint density at radius 2 is 1.83 bits per heavy atom. The van der Waals surface area contributed by atoms with Crippen LogP contribution in [-0.4, -0.2) is 25.2 Å². The summed E-state index contributed by atoms with van der Waals surface area (Å²) in [6.07, 6.45) is 1.08. The summed E-state index contributed by atoms with van der Waals surface area (Å²) in [5.41, 5.74) is 0. The van der Waals surface area contributed by atoms with E-state index in [1.807, 2.05) is 6.92 Å². The van der Waals surface area contributed by atoms with Crippen molar-refractivity contribution >= 4 is 15.6 Å². The Hall–Kier alpha value is -0.380. The predicted octanol–water partition coefficient (Wildman–Crippen LogP) is 1.18. The molecule has 0 aromatic heterocycles. The Labute approximate surface area is 74.1 Å². The zero-order chi connectivity index (χ0) is 9.78. The van der Waals surface area contributed by atoms with Crippen molar-refractivity contribution in [2.45, 2.75) is 38.9 Å². The van der Waals surface area contributed by atoms with Crippen LogP contribution in [0.3, 0.4) is 0 Å². The van der Waals surface area contributed by atoms with Gasteiger partial charge in [0.15, 0.2) is 9.84 Å². The quantitative estimate of drug-likeness (QED) is 0.657. The van der Waals surface area contributed by atoms with Crippen LogP contribution in [0.4, 0.5) is 0 Å². The van der Waals surface area contributed by atoms with Gasteiger partial charge in [-0.1, -0.05) is 6.92 Å². The summed E-state index contributed by atoms with van der Waals surface area (Å²) in [6.45, 7) is 5.04. The van der Waals surface area contributed by atoms with Gasteiger partial charge in [0.2, 0.25) is 0 Å². The van der Waals surface area contributed by atoms with E-state index in [4.69, 9.17) is 0 Å². The molecule has 0 amide bonds. The molecular weight excluding hydrogens is 176 g/mol. The first-order chi connectivity index (χ1) is 5.40. The van der Waals surface area contributed by atoms with Crippen LogP contribution < -0.4 is 0 Å². The van der Waals surface area contributed by atoms with Crippen LogP contribution in [0.2, 0.25) is 0 Å². The molecule has 0 aromatic carbocycles. The van der Waals surface area contributed by atoms with E-state index in [-0.39, 0.29) is 11.5 Å². The Morgan fingerprint density at radius 1 is 1.33 bits per heavy atom. The van der Waals surface area contributed by atoms with Crippen molar-refractivity contribution in [1.29, 1.82) is 0 Å². The van der Waals surface area contributed by atoms with Crippen molar-refractivity contribution in [1.82, 2.24) is 0 Å². The molecule has 12 heavy (non-hydrogen) atoms. The van der Waals surface area contributed by atoms with Crippen LogP contribution >= 0.6 is 0 Å². The van der Waals surface area contributed by atoms with Gasteiger partial charge in [0.25, 0.3) is 0 Å². The van der Waals surface area contributed by atoms with Gasteiger partial charge in [-0.3, -0.25) is 4.79 Å². The summed E-state index contributed by atoms with van der Waals surface area (Å²) >= 11 is 0. The van der Waals surface area contributed by atoms with Crippen molar-refractivity contribution in [3.8, 4) is 0 Å². The minimum absolute atomic E-state index is 0.175. The van der Waals surface area contributed by atoms with Crippen molar-refractivity contribution in [2.75, 3.05) is 5.75 Å². The van der Waals surface area contributed by atoms with Gasteiger partial charge in [-0.05, 0) is 20.3 Å². The molecule has 0 bridgehead atoms. The molecule has 0 fully saturated rings. The van der Waals surface area contributed by atoms with Crippen molar-refractivity contribution in [3.63, 3.8) is 0 Å². The summed E-state index contributed by atoms with van der Waals surface area (Å²) < 4.78 is 22.4. The van der Waals surface area contributed by atoms with E-state index in [1.165, 1.54) is 0 Å². The highest BCUT2D eigenvalue weighted by Gasteiger charge is 2.19. The van der Waals surface area contributed by atoms with Gasteiger partial charge in [0.1, 0.15) is 11.5 Å². The molecule has 0 atom stereocenters. The van der Waals surface area contributed by atoms with Gasteiger partial charge in [0, 0.05) is 6.42 Å². The maximum Gasteiger partial charge on any atom is 0.159 e. The molecule has 0 aliphatic heterocycles. The van der Waals surface area contributed by atoms with Crippen LogP contribution in [-0.2, 0) is 14.6 Å². The fraction of sp³-hybridized carbons (Fsp3) is 0.875. The van der Waals surface area contributed by atoms with E-state index < -0.39 is 15.1 Å².